The van der Waals surface area contributed by atoms with Crippen molar-refractivity contribution in [1.82, 2.24) is 5.32 Å². The van der Waals surface area contributed by atoms with Crippen molar-refractivity contribution < 1.29 is 19.4 Å². The van der Waals surface area contributed by atoms with Crippen LogP contribution in [0.1, 0.15) is 24.3 Å². The first-order valence-corrected chi connectivity index (χ1v) is 6.01. The molecular weight excluding hydrogens is 242 g/mol. The maximum Gasteiger partial charge on any atom is 0.305 e. The van der Waals surface area contributed by atoms with Gasteiger partial charge in [-0.2, -0.15) is 0 Å². The molecule has 1 aromatic rings. The molecule has 0 saturated heterocycles. The number of carboxylic acid groups (broad SMARTS) is 1. The van der Waals surface area contributed by atoms with Crippen LogP contribution >= 0.6 is 11.3 Å². The minimum Gasteiger partial charge on any atom is -0.481 e. The van der Waals surface area contributed by atoms with E-state index in [9.17, 15) is 9.59 Å². The molecule has 0 radical (unpaired) electrons. The maximum absolute atomic E-state index is 11.6. The Hall–Kier alpha value is -1.40. The molecule has 2 unspecified atom stereocenters. The van der Waals surface area contributed by atoms with Crippen LogP contribution in [0.5, 0.6) is 0 Å². The van der Waals surface area contributed by atoms with Gasteiger partial charge in [0.15, 0.2) is 0 Å². The molecular formula is C11H15NO4S. The highest BCUT2D eigenvalue weighted by Gasteiger charge is 2.21. The third-order valence-corrected chi connectivity index (χ3v) is 3.29. The van der Waals surface area contributed by atoms with E-state index in [4.69, 9.17) is 9.84 Å². The summed E-state index contributed by atoms with van der Waals surface area (Å²) in [5.41, 5.74) is 0. The van der Waals surface area contributed by atoms with Crippen LogP contribution in [0.2, 0.25) is 0 Å². The van der Waals surface area contributed by atoms with Gasteiger partial charge in [-0.25, -0.2) is 0 Å². The number of ether oxygens (including phenoxy) is 1. The van der Waals surface area contributed by atoms with E-state index < -0.39 is 18.1 Å². The highest BCUT2D eigenvalue weighted by atomic mass is 32.1. The molecule has 5 nitrogen and oxygen atoms in total. The standard InChI is InChI=1S/C11H15NO4S/c1-7(16-2)11(15)12-8(6-10(13)14)9-4-3-5-17-9/h3-5,7-8H,6H2,1-2H3,(H,12,15)(H,13,14). The number of aliphatic carboxylic acids is 1. The summed E-state index contributed by atoms with van der Waals surface area (Å²) in [6, 6.07) is 3.12. The topological polar surface area (TPSA) is 75.6 Å². The zero-order chi connectivity index (χ0) is 12.8. The summed E-state index contributed by atoms with van der Waals surface area (Å²) in [4.78, 5) is 23.2. The number of amides is 1. The maximum atomic E-state index is 11.6. The summed E-state index contributed by atoms with van der Waals surface area (Å²) in [6.07, 6.45) is -0.728. The summed E-state index contributed by atoms with van der Waals surface area (Å²) in [7, 11) is 1.43. The number of carbonyl (C=O) groups is 2. The average Bonchev–Trinajstić information content (AvgIpc) is 2.79. The molecule has 0 saturated carbocycles. The molecule has 1 rings (SSSR count). The zero-order valence-corrected chi connectivity index (χ0v) is 10.5. The van der Waals surface area contributed by atoms with E-state index in [1.54, 1.807) is 13.0 Å². The summed E-state index contributed by atoms with van der Waals surface area (Å²) < 4.78 is 4.88. The first-order chi connectivity index (χ1) is 8.04. The van der Waals surface area contributed by atoms with Crippen LogP contribution in [-0.2, 0) is 14.3 Å². The van der Waals surface area contributed by atoms with Crippen molar-refractivity contribution in [3.63, 3.8) is 0 Å². The first-order valence-electron chi connectivity index (χ1n) is 5.13. The fourth-order valence-corrected chi connectivity index (χ4v) is 2.06. The lowest BCUT2D eigenvalue weighted by atomic mass is 10.1. The Morgan fingerprint density at radius 1 is 1.59 bits per heavy atom. The molecule has 0 aliphatic carbocycles. The van der Waals surface area contributed by atoms with E-state index in [2.05, 4.69) is 5.32 Å². The van der Waals surface area contributed by atoms with Crippen LogP contribution in [0, 0.1) is 0 Å². The number of nitrogens with one attached hydrogen (secondary N) is 1. The Labute approximate surface area is 103 Å². The third kappa shape index (κ3) is 4.16. The second-order valence-electron chi connectivity index (χ2n) is 3.55. The molecule has 0 fully saturated rings. The SMILES string of the molecule is COC(C)C(=O)NC(CC(=O)O)c1cccs1. The van der Waals surface area contributed by atoms with Crippen molar-refractivity contribution in [3.8, 4) is 0 Å². The van der Waals surface area contributed by atoms with Crippen LogP contribution in [0.3, 0.4) is 0 Å². The van der Waals surface area contributed by atoms with Crippen molar-refractivity contribution in [1.29, 1.82) is 0 Å². The highest BCUT2D eigenvalue weighted by molar-refractivity contribution is 7.10. The fourth-order valence-electron chi connectivity index (χ4n) is 1.28. The van der Waals surface area contributed by atoms with Gasteiger partial charge in [0.05, 0.1) is 12.5 Å². The molecule has 0 aliphatic rings. The van der Waals surface area contributed by atoms with Gasteiger partial charge in [0, 0.05) is 12.0 Å². The number of carboxylic acids is 1. The minimum atomic E-state index is -0.950. The Bertz CT molecular complexity index is 377. The number of methoxy groups -OCH3 is 1. The van der Waals surface area contributed by atoms with Crippen LogP contribution in [0.4, 0.5) is 0 Å². The van der Waals surface area contributed by atoms with E-state index in [1.807, 2.05) is 11.4 Å². The van der Waals surface area contributed by atoms with E-state index in [0.717, 1.165) is 4.88 Å². The molecule has 1 heterocycles. The van der Waals surface area contributed by atoms with Crippen molar-refractivity contribution in [2.45, 2.75) is 25.5 Å². The Balaban J connectivity index is 2.71. The van der Waals surface area contributed by atoms with Crippen molar-refractivity contribution >= 4 is 23.2 Å². The van der Waals surface area contributed by atoms with Gasteiger partial charge in [-0.15, -0.1) is 11.3 Å². The summed E-state index contributed by atoms with van der Waals surface area (Å²) >= 11 is 1.42. The molecule has 0 bridgehead atoms. The molecule has 17 heavy (non-hydrogen) atoms. The van der Waals surface area contributed by atoms with Gasteiger partial charge in [0.2, 0.25) is 5.91 Å². The molecule has 0 spiro atoms. The monoisotopic (exact) mass is 257 g/mol. The normalized spacial score (nSPS) is 14.0. The van der Waals surface area contributed by atoms with E-state index in [-0.39, 0.29) is 12.3 Å². The van der Waals surface area contributed by atoms with Gasteiger partial charge < -0.3 is 15.2 Å². The number of rotatable bonds is 6. The largest absolute Gasteiger partial charge is 0.481 e. The Morgan fingerprint density at radius 2 is 2.29 bits per heavy atom. The lowest BCUT2D eigenvalue weighted by Gasteiger charge is -2.18. The van der Waals surface area contributed by atoms with Crippen LogP contribution in [0.15, 0.2) is 17.5 Å². The smallest absolute Gasteiger partial charge is 0.305 e. The number of hydrogen-bond acceptors (Lipinski definition) is 4. The van der Waals surface area contributed by atoms with Crippen LogP contribution in [-0.4, -0.2) is 30.2 Å². The molecule has 0 aliphatic heterocycles. The van der Waals surface area contributed by atoms with Gasteiger partial charge in [-0.05, 0) is 18.4 Å². The predicted molar refractivity (Wildman–Crippen MR) is 63.9 cm³/mol. The molecule has 6 heteroatoms. The average molecular weight is 257 g/mol. The molecule has 1 aromatic heterocycles. The molecule has 1 amide bonds. The van der Waals surface area contributed by atoms with Gasteiger partial charge in [0.25, 0.3) is 0 Å². The molecule has 2 atom stereocenters. The first kappa shape index (κ1) is 13.7. The minimum absolute atomic E-state index is 0.136. The van der Waals surface area contributed by atoms with Gasteiger partial charge >= 0.3 is 5.97 Å². The molecule has 0 aromatic carbocycles. The lowest BCUT2D eigenvalue weighted by molar-refractivity contribution is -0.138. The summed E-state index contributed by atoms with van der Waals surface area (Å²) in [5, 5.41) is 13.3. The summed E-state index contributed by atoms with van der Waals surface area (Å²) in [5.74, 6) is -1.26. The summed E-state index contributed by atoms with van der Waals surface area (Å²) in [6.45, 7) is 1.61. The number of thiophene rings is 1. The second-order valence-corrected chi connectivity index (χ2v) is 4.53. The van der Waals surface area contributed by atoms with Crippen molar-refractivity contribution in [2.75, 3.05) is 7.11 Å². The van der Waals surface area contributed by atoms with Gasteiger partial charge in [0.1, 0.15) is 6.10 Å². The van der Waals surface area contributed by atoms with E-state index in [1.165, 1.54) is 18.4 Å². The van der Waals surface area contributed by atoms with Crippen molar-refractivity contribution in [3.05, 3.63) is 22.4 Å². The molecule has 2 N–H and O–H groups in total. The third-order valence-electron chi connectivity index (χ3n) is 2.30. The second kappa shape index (κ2) is 6.36. The quantitative estimate of drug-likeness (QED) is 0.808. The van der Waals surface area contributed by atoms with E-state index in [0.29, 0.717) is 0 Å². The fraction of sp³-hybridized carbons (Fsp3) is 0.455. The van der Waals surface area contributed by atoms with Crippen molar-refractivity contribution in [2.24, 2.45) is 0 Å². The Morgan fingerprint density at radius 3 is 2.76 bits per heavy atom. The Kier molecular flexibility index (Phi) is 5.11. The molecule has 94 valence electrons. The lowest BCUT2D eigenvalue weighted by Crippen LogP contribution is -2.37. The zero-order valence-electron chi connectivity index (χ0n) is 9.67. The highest BCUT2D eigenvalue weighted by Crippen LogP contribution is 2.22. The number of hydrogen-bond donors (Lipinski definition) is 2. The van der Waals surface area contributed by atoms with Gasteiger partial charge in [-0.1, -0.05) is 6.07 Å². The van der Waals surface area contributed by atoms with Gasteiger partial charge in [-0.3, -0.25) is 9.59 Å². The number of carbonyl (C=O) groups excluding carboxylic acids is 1. The predicted octanol–water partition coefficient (Wildman–Crippen LogP) is 1.41. The van der Waals surface area contributed by atoms with Crippen LogP contribution in [0.25, 0.3) is 0 Å². The van der Waals surface area contributed by atoms with E-state index >= 15 is 0 Å². The van der Waals surface area contributed by atoms with Crippen LogP contribution < -0.4 is 5.32 Å².